The Morgan fingerprint density at radius 2 is 1.78 bits per heavy atom. The van der Waals surface area contributed by atoms with Gasteiger partial charge in [0.25, 0.3) is 0 Å². The molecule has 0 spiro atoms. The molecule has 6 heteroatoms. The third-order valence-corrected chi connectivity index (χ3v) is 4.19. The van der Waals surface area contributed by atoms with Crippen molar-refractivity contribution in [1.82, 2.24) is 9.88 Å². The number of aromatic nitrogens is 1. The summed E-state index contributed by atoms with van der Waals surface area (Å²) in [5, 5.41) is 11.1. The summed E-state index contributed by atoms with van der Waals surface area (Å²) < 4.78 is 0. The zero-order chi connectivity index (χ0) is 16.1. The van der Waals surface area contributed by atoms with E-state index in [1.54, 1.807) is 12.3 Å². The third-order valence-electron chi connectivity index (χ3n) is 4.19. The minimum absolute atomic E-state index is 0.0882. The maximum Gasteiger partial charge on any atom is 0.311 e. The second kappa shape index (κ2) is 7.19. The number of nitro groups is 1. The fourth-order valence-corrected chi connectivity index (χ4v) is 2.89. The van der Waals surface area contributed by atoms with Gasteiger partial charge in [0.1, 0.15) is 0 Å². The van der Waals surface area contributed by atoms with E-state index in [4.69, 9.17) is 0 Å². The van der Waals surface area contributed by atoms with Gasteiger partial charge < -0.3 is 4.90 Å². The van der Waals surface area contributed by atoms with Gasteiger partial charge in [0, 0.05) is 45.0 Å². The number of nitrogens with zero attached hydrogens (tertiary/aromatic N) is 4. The summed E-state index contributed by atoms with van der Waals surface area (Å²) in [4.78, 5) is 19.4. The van der Waals surface area contributed by atoms with Crippen LogP contribution in [0.2, 0.25) is 0 Å². The molecule has 0 saturated carbocycles. The van der Waals surface area contributed by atoms with Crippen LogP contribution < -0.4 is 4.90 Å². The van der Waals surface area contributed by atoms with Crippen molar-refractivity contribution in [3.8, 4) is 0 Å². The number of hydrogen-bond acceptors (Lipinski definition) is 5. The number of piperazine rings is 1. The molecule has 120 valence electrons. The van der Waals surface area contributed by atoms with E-state index in [1.807, 2.05) is 11.0 Å². The summed E-state index contributed by atoms with van der Waals surface area (Å²) in [6.07, 6.45) is 2.65. The molecule has 0 unspecified atom stereocenters. The van der Waals surface area contributed by atoms with Crippen LogP contribution in [0.5, 0.6) is 0 Å². The molecule has 3 rings (SSSR count). The molecular formula is C17H20N4O2. The number of rotatable bonds is 5. The fourth-order valence-electron chi connectivity index (χ4n) is 2.89. The number of benzene rings is 1. The highest BCUT2D eigenvalue weighted by atomic mass is 16.6. The first-order valence-corrected chi connectivity index (χ1v) is 7.84. The standard InChI is InChI=1S/C17H20N4O2/c22-21(23)16-7-4-9-18-17(16)20-13-11-19(12-14-20)10-8-15-5-2-1-3-6-15/h1-7,9H,8,10-14H2. The molecule has 1 aliphatic heterocycles. The first kappa shape index (κ1) is 15.4. The summed E-state index contributed by atoms with van der Waals surface area (Å²) in [6, 6.07) is 13.6. The van der Waals surface area contributed by atoms with Gasteiger partial charge in [0.2, 0.25) is 5.82 Å². The molecule has 0 N–H and O–H groups in total. The second-order valence-corrected chi connectivity index (χ2v) is 5.67. The van der Waals surface area contributed by atoms with Crippen LogP contribution in [0.3, 0.4) is 0 Å². The summed E-state index contributed by atoms with van der Waals surface area (Å²) in [5.74, 6) is 0.486. The van der Waals surface area contributed by atoms with Crippen molar-refractivity contribution in [1.29, 1.82) is 0 Å². The normalized spacial score (nSPS) is 15.6. The first-order chi connectivity index (χ1) is 11.2. The molecule has 1 saturated heterocycles. The van der Waals surface area contributed by atoms with Crippen LogP contribution >= 0.6 is 0 Å². The Morgan fingerprint density at radius 3 is 2.48 bits per heavy atom. The number of hydrogen-bond donors (Lipinski definition) is 0. The van der Waals surface area contributed by atoms with E-state index in [0.717, 1.165) is 39.1 Å². The maximum atomic E-state index is 11.1. The molecule has 1 aliphatic rings. The molecule has 1 aromatic heterocycles. The van der Waals surface area contributed by atoms with E-state index in [0.29, 0.717) is 5.82 Å². The van der Waals surface area contributed by atoms with Crippen LogP contribution in [0.15, 0.2) is 48.7 Å². The van der Waals surface area contributed by atoms with Gasteiger partial charge in [0.05, 0.1) is 4.92 Å². The lowest BCUT2D eigenvalue weighted by molar-refractivity contribution is -0.384. The van der Waals surface area contributed by atoms with Gasteiger partial charge in [-0.05, 0) is 18.1 Å². The van der Waals surface area contributed by atoms with E-state index in [-0.39, 0.29) is 10.6 Å². The Labute approximate surface area is 135 Å². The summed E-state index contributed by atoms with van der Waals surface area (Å²) in [6.45, 7) is 4.36. The molecule has 1 aromatic carbocycles. The van der Waals surface area contributed by atoms with Gasteiger partial charge in [-0.25, -0.2) is 4.98 Å². The molecule has 2 aromatic rings. The van der Waals surface area contributed by atoms with Gasteiger partial charge in [0.15, 0.2) is 0 Å². The molecular weight excluding hydrogens is 292 g/mol. The molecule has 1 fully saturated rings. The highest BCUT2D eigenvalue weighted by Crippen LogP contribution is 2.25. The van der Waals surface area contributed by atoms with Crippen molar-refractivity contribution in [2.24, 2.45) is 0 Å². The maximum absolute atomic E-state index is 11.1. The Balaban J connectivity index is 1.55. The molecule has 0 aliphatic carbocycles. The topological polar surface area (TPSA) is 62.5 Å². The quantitative estimate of drug-likeness (QED) is 0.626. The Hall–Kier alpha value is -2.47. The van der Waals surface area contributed by atoms with Crippen molar-refractivity contribution in [2.45, 2.75) is 6.42 Å². The van der Waals surface area contributed by atoms with Crippen LogP contribution in [0.1, 0.15) is 5.56 Å². The molecule has 23 heavy (non-hydrogen) atoms. The van der Waals surface area contributed by atoms with E-state index in [1.165, 1.54) is 11.6 Å². The van der Waals surface area contributed by atoms with Crippen molar-refractivity contribution in [3.05, 3.63) is 64.3 Å². The van der Waals surface area contributed by atoms with Crippen LogP contribution in [0.25, 0.3) is 0 Å². The van der Waals surface area contributed by atoms with Crippen molar-refractivity contribution in [2.75, 3.05) is 37.6 Å². The van der Waals surface area contributed by atoms with E-state index >= 15 is 0 Å². The van der Waals surface area contributed by atoms with Crippen LogP contribution in [0.4, 0.5) is 11.5 Å². The highest BCUT2D eigenvalue weighted by molar-refractivity contribution is 5.57. The third kappa shape index (κ3) is 3.84. The number of anilines is 1. The first-order valence-electron chi connectivity index (χ1n) is 7.84. The van der Waals surface area contributed by atoms with Crippen molar-refractivity contribution < 1.29 is 4.92 Å². The monoisotopic (exact) mass is 312 g/mol. The summed E-state index contributed by atoms with van der Waals surface area (Å²) in [5.41, 5.74) is 1.43. The van der Waals surface area contributed by atoms with E-state index in [2.05, 4.69) is 34.1 Å². The lowest BCUT2D eigenvalue weighted by Crippen LogP contribution is -2.47. The largest absolute Gasteiger partial charge is 0.348 e. The lowest BCUT2D eigenvalue weighted by atomic mass is 10.1. The lowest BCUT2D eigenvalue weighted by Gasteiger charge is -2.35. The predicted octanol–water partition coefficient (Wildman–Crippen LogP) is 2.35. The van der Waals surface area contributed by atoms with Crippen molar-refractivity contribution >= 4 is 11.5 Å². The fraction of sp³-hybridized carbons (Fsp3) is 0.353. The Kier molecular flexibility index (Phi) is 4.83. The summed E-state index contributed by atoms with van der Waals surface area (Å²) >= 11 is 0. The SMILES string of the molecule is O=[N+]([O-])c1cccnc1N1CCN(CCc2ccccc2)CC1. The average Bonchev–Trinajstić information content (AvgIpc) is 2.61. The molecule has 2 heterocycles. The molecule has 6 nitrogen and oxygen atoms in total. The van der Waals surface area contributed by atoms with E-state index in [9.17, 15) is 10.1 Å². The Morgan fingerprint density at radius 1 is 1.04 bits per heavy atom. The second-order valence-electron chi connectivity index (χ2n) is 5.67. The summed E-state index contributed by atoms with van der Waals surface area (Å²) in [7, 11) is 0. The zero-order valence-corrected chi connectivity index (χ0v) is 13.0. The average molecular weight is 312 g/mol. The molecule has 0 atom stereocenters. The molecule has 0 bridgehead atoms. The van der Waals surface area contributed by atoms with Gasteiger partial charge in [-0.1, -0.05) is 30.3 Å². The van der Waals surface area contributed by atoms with Gasteiger partial charge in [-0.2, -0.15) is 0 Å². The minimum Gasteiger partial charge on any atom is -0.348 e. The Bertz CT molecular complexity index is 655. The van der Waals surface area contributed by atoms with E-state index < -0.39 is 0 Å². The smallest absolute Gasteiger partial charge is 0.311 e. The molecule has 0 radical (unpaired) electrons. The van der Waals surface area contributed by atoms with Crippen LogP contribution in [-0.4, -0.2) is 47.5 Å². The number of pyridine rings is 1. The van der Waals surface area contributed by atoms with Crippen LogP contribution in [-0.2, 0) is 6.42 Å². The van der Waals surface area contributed by atoms with Gasteiger partial charge >= 0.3 is 5.69 Å². The van der Waals surface area contributed by atoms with Gasteiger partial charge in [-0.15, -0.1) is 0 Å². The zero-order valence-electron chi connectivity index (χ0n) is 13.0. The van der Waals surface area contributed by atoms with Gasteiger partial charge in [-0.3, -0.25) is 15.0 Å². The highest BCUT2D eigenvalue weighted by Gasteiger charge is 2.24. The predicted molar refractivity (Wildman–Crippen MR) is 89.7 cm³/mol. The van der Waals surface area contributed by atoms with Crippen molar-refractivity contribution in [3.63, 3.8) is 0 Å². The van der Waals surface area contributed by atoms with Crippen LogP contribution in [0, 0.1) is 10.1 Å². The minimum atomic E-state index is -0.357. The molecule has 0 amide bonds.